The minimum absolute atomic E-state index is 0.0111. The van der Waals surface area contributed by atoms with Crippen LogP contribution in [0.2, 0.25) is 0 Å². The van der Waals surface area contributed by atoms with Crippen LogP contribution in [0.4, 0.5) is 0 Å². The van der Waals surface area contributed by atoms with E-state index in [-0.39, 0.29) is 6.04 Å². The van der Waals surface area contributed by atoms with Crippen LogP contribution in [0.3, 0.4) is 0 Å². The van der Waals surface area contributed by atoms with Crippen LogP contribution in [-0.4, -0.2) is 0 Å². The number of para-hydroxylation sites is 2. The lowest BCUT2D eigenvalue weighted by Gasteiger charge is -2.19. The number of nitrogens with two attached hydrogens (primary N) is 1. The molecule has 0 aliphatic heterocycles. The molecular weight excluding hydrogens is 258 g/mol. The molecule has 0 aliphatic carbocycles. The highest BCUT2D eigenvalue weighted by Crippen LogP contribution is 2.35. The van der Waals surface area contributed by atoms with Gasteiger partial charge < -0.3 is 10.5 Å². The van der Waals surface area contributed by atoms with Crippen molar-refractivity contribution in [3.8, 4) is 11.5 Å². The standard InChI is InChI=1S/C19H25NO/c1-4-14(3)15-10-6-8-12-18(15)21-19-13-9-7-11-16(19)17(20)5-2/h6-14,17H,4-5,20H2,1-3H3/t14?,17-/m1/s1. The molecule has 2 atom stereocenters. The molecule has 2 rings (SSSR count). The molecule has 0 aliphatic rings. The average molecular weight is 283 g/mol. The summed E-state index contributed by atoms with van der Waals surface area (Å²) in [4.78, 5) is 0. The summed E-state index contributed by atoms with van der Waals surface area (Å²) >= 11 is 0. The number of ether oxygens (including phenoxy) is 1. The van der Waals surface area contributed by atoms with Gasteiger partial charge in [-0.2, -0.15) is 0 Å². The van der Waals surface area contributed by atoms with Gasteiger partial charge in [0.15, 0.2) is 0 Å². The molecule has 1 unspecified atom stereocenters. The lowest BCUT2D eigenvalue weighted by atomic mass is 9.97. The van der Waals surface area contributed by atoms with Gasteiger partial charge in [0, 0.05) is 11.6 Å². The molecule has 0 fully saturated rings. The van der Waals surface area contributed by atoms with Gasteiger partial charge >= 0.3 is 0 Å². The molecule has 0 radical (unpaired) electrons. The zero-order valence-electron chi connectivity index (χ0n) is 13.2. The van der Waals surface area contributed by atoms with Crippen molar-refractivity contribution >= 4 is 0 Å². The molecular formula is C19H25NO. The van der Waals surface area contributed by atoms with Gasteiger partial charge in [0.05, 0.1) is 0 Å². The van der Waals surface area contributed by atoms with Crippen LogP contribution in [-0.2, 0) is 0 Å². The summed E-state index contributed by atoms with van der Waals surface area (Å²) in [6.07, 6.45) is 1.99. The quantitative estimate of drug-likeness (QED) is 0.770. The molecule has 0 aromatic heterocycles. The Labute approximate surface area is 127 Å². The van der Waals surface area contributed by atoms with Gasteiger partial charge in [-0.15, -0.1) is 0 Å². The van der Waals surface area contributed by atoms with Crippen molar-refractivity contribution in [1.29, 1.82) is 0 Å². The maximum atomic E-state index is 6.21. The minimum atomic E-state index is 0.0111. The van der Waals surface area contributed by atoms with Gasteiger partial charge in [-0.1, -0.05) is 57.2 Å². The Kier molecular flexibility index (Phi) is 5.40. The van der Waals surface area contributed by atoms with Crippen LogP contribution in [0.25, 0.3) is 0 Å². The van der Waals surface area contributed by atoms with Crippen LogP contribution >= 0.6 is 0 Å². The van der Waals surface area contributed by atoms with E-state index in [9.17, 15) is 0 Å². The van der Waals surface area contributed by atoms with Crippen LogP contribution in [0.1, 0.15) is 56.7 Å². The van der Waals surface area contributed by atoms with Crippen molar-refractivity contribution < 1.29 is 4.74 Å². The summed E-state index contributed by atoms with van der Waals surface area (Å²) in [5.41, 5.74) is 8.51. The molecule has 0 saturated heterocycles. The highest BCUT2D eigenvalue weighted by atomic mass is 16.5. The zero-order valence-corrected chi connectivity index (χ0v) is 13.2. The van der Waals surface area contributed by atoms with Gasteiger partial charge in [0.2, 0.25) is 0 Å². The van der Waals surface area contributed by atoms with E-state index in [1.807, 2.05) is 30.3 Å². The smallest absolute Gasteiger partial charge is 0.132 e. The molecule has 2 N–H and O–H groups in total. The van der Waals surface area contributed by atoms with E-state index >= 15 is 0 Å². The predicted octanol–water partition coefficient (Wildman–Crippen LogP) is 5.40. The highest BCUT2D eigenvalue weighted by Gasteiger charge is 2.14. The zero-order chi connectivity index (χ0) is 15.2. The Bertz CT molecular complexity index is 528. The first-order chi connectivity index (χ1) is 10.2. The molecule has 0 saturated carbocycles. The largest absolute Gasteiger partial charge is 0.457 e. The SMILES string of the molecule is CCC(C)c1ccccc1Oc1ccccc1[C@H](N)CC. The number of hydrogen-bond acceptors (Lipinski definition) is 2. The molecule has 2 aromatic rings. The molecule has 0 amide bonds. The molecule has 112 valence electrons. The summed E-state index contributed by atoms with van der Waals surface area (Å²) in [6, 6.07) is 16.3. The Morgan fingerprint density at radius 2 is 1.38 bits per heavy atom. The van der Waals surface area contributed by atoms with Crippen molar-refractivity contribution in [2.45, 2.75) is 45.6 Å². The third kappa shape index (κ3) is 3.64. The second-order valence-electron chi connectivity index (χ2n) is 5.50. The van der Waals surface area contributed by atoms with Gasteiger partial charge in [-0.25, -0.2) is 0 Å². The first-order valence-electron chi connectivity index (χ1n) is 7.78. The number of rotatable bonds is 6. The van der Waals surface area contributed by atoms with E-state index < -0.39 is 0 Å². The molecule has 0 spiro atoms. The van der Waals surface area contributed by atoms with Crippen LogP contribution < -0.4 is 10.5 Å². The van der Waals surface area contributed by atoms with Gasteiger partial charge in [0.1, 0.15) is 11.5 Å². The third-order valence-electron chi connectivity index (χ3n) is 4.04. The van der Waals surface area contributed by atoms with E-state index in [1.165, 1.54) is 5.56 Å². The lowest BCUT2D eigenvalue weighted by Crippen LogP contribution is -2.10. The first kappa shape index (κ1) is 15.6. The lowest BCUT2D eigenvalue weighted by molar-refractivity contribution is 0.458. The van der Waals surface area contributed by atoms with Crippen LogP contribution in [0.15, 0.2) is 48.5 Å². The summed E-state index contributed by atoms with van der Waals surface area (Å²) in [6.45, 7) is 6.52. The fourth-order valence-corrected chi connectivity index (χ4v) is 2.42. The highest BCUT2D eigenvalue weighted by molar-refractivity contribution is 5.43. The Morgan fingerprint density at radius 3 is 1.95 bits per heavy atom. The van der Waals surface area contributed by atoms with E-state index in [0.717, 1.165) is 29.9 Å². The van der Waals surface area contributed by atoms with Crippen LogP contribution in [0.5, 0.6) is 11.5 Å². The van der Waals surface area contributed by atoms with Gasteiger partial charge in [0.25, 0.3) is 0 Å². The minimum Gasteiger partial charge on any atom is -0.457 e. The molecule has 0 heterocycles. The van der Waals surface area contributed by atoms with Crippen molar-refractivity contribution in [3.05, 3.63) is 59.7 Å². The topological polar surface area (TPSA) is 35.2 Å². The molecule has 0 bridgehead atoms. The van der Waals surface area contributed by atoms with Crippen molar-refractivity contribution in [2.24, 2.45) is 5.73 Å². The molecule has 21 heavy (non-hydrogen) atoms. The monoisotopic (exact) mass is 283 g/mol. The third-order valence-corrected chi connectivity index (χ3v) is 4.04. The summed E-state index contributed by atoms with van der Waals surface area (Å²) in [5.74, 6) is 2.28. The molecule has 2 heteroatoms. The Morgan fingerprint density at radius 1 is 0.857 bits per heavy atom. The van der Waals surface area contributed by atoms with Crippen molar-refractivity contribution in [2.75, 3.05) is 0 Å². The first-order valence-corrected chi connectivity index (χ1v) is 7.78. The van der Waals surface area contributed by atoms with E-state index in [4.69, 9.17) is 10.5 Å². The van der Waals surface area contributed by atoms with Gasteiger partial charge in [-0.05, 0) is 36.5 Å². The summed E-state index contributed by atoms with van der Waals surface area (Å²) < 4.78 is 6.21. The van der Waals surface area contributed by atoms with E-state index in [1.54, 1.807) is 0 Å². The predicted molar refractivity (Wildman–Crippen MR) is 88.9 cm³/mol. The second kappa shape index (κ2) is 7.28. The van der Waals surface area contributed by atoms with E-state index in [2.05, 4.69) is 39.0 Å². The van der Waals surface area contributed by atoms with Crippen molar-refractivity contribution in [3.63, 3.8) is 0 Å². The fourth-order valence-electron chi connectivity index (χ4n) is 2.42. The number of benzene rings is 2. The summed E-state index contributed by atoms with van der Waals surface area (Å²) in [7, 11) is 0. The van der Waals surface area contributed by atoms with Gasteiger partial charge in [-0.3, -0.25) is 0 Å². The Hall–Kier alpha value is -1.80. The second-order valence-corrected chi connectivity index (χ2v) is 5.50. The number of hydrogen-bond donors (Lipinski definition) is 1. The fraction of sp³-hybridized carbons (Fsp3) is 0.368. The van der Waals surface area contributed by atoms with Crippen LogP contribution in [0, 0.1) is 0 Å². The molecule has 2 aromatic carbocycles. The van der Waals surface area contributed by atoms with Crippen molar-refractivity contribution in [1.82, 2.24) is 0 Å². The van der Waals surface area contributed by atoms with E-state index in [0.29, 0.717) is 5.92 Å². The Balaban J connectivity index is 2.35. The summed E-state index contributed by atoms with van der Waals surface area (Å²) in [5, 5.41) is 0. The maximum absolute atomic E-state index is 6.21. The molecule has 2 nitrogen and oxygen atoms in total. The maximum Gasteiger partial charge on any atom is 0.132 e. The average Bonchev–Trinajstić information content (AvgIpc) is 2.54. The normalized spacial score (nSPS) is 13.7.